The van der Waals surface area contributed by atoms with Crippen LogP contribution in [0.25, 0.3) is 0 Å². The molecule has 2 amide bonds. The summed E-state index contributed by atoms with van der Waals surface area (Å²) in [4.78, 5) is 14.8. The number of amides is 2. The van der Waals surface area contributed by atoms with Crippen LogP contribution >= 0.6 is 0 Å². The third kappa shape index (κ3) is 3.95. The van der Waals surface area contributed by atoms with Crippen molar-refractivity contribution < 1.29 is 9.18 Å². The number of fused-ring (bicyclic) bond motifs is 1. The number of anilines is 1. The Hall–Kier alpha value is -1.88. The van der Waals surface area contributed by atoms with Crippen molar-refractivity contribution in [1.29, 1.82) is 0 Å². The van der Waals surface area contributed by atoms with E-state index in [0.717, 1.165) is 49.9 Å². The lowest BCUT2D eigenvalue weighted by molar-refractivity contribution is -0.0113. The number of nitrogens with one attached hydrogen (secondary N) is 2. The molecule has 1 saturated heterocycles. The summed E-state index contributed by atoms with van der Waals surface area (Å²) in [5, 5.41) is 5.80. The monoisotopic (exact) mass is 385 g/mol. The normalized spacial score (nSPS) is 26.9. The molecule has 1 aromatic rings. The van der Waals surface area contributed by atoms with E-state index in [2.05, 4.69) is 35.5 Å². The predicted octanol–water partition coefficient (Wildman–Crippen LogP) is 4.71. The lowest BCUT2D eigenvalue weighted by Gasteiger charge is -2.57. The number of hydrogen-bond acceptors (Lipinski definition) is 2. The summed E-state index contributed by atoms with van der Waals surface area (Å²) in [5.41, 5.74) is 3.41. The maximum Gasteiger partial charge on any atom is 0.319 e. The van der Waals surface area contributed by atoms with Crippen molar-refractivity contribution in [3.8, 4) is 0 Å². The molecule has 4 aliphatic rings. The van der Waals surface area contributed by atoms with Crippen LogP contribution in [0.15, 0.2) is 29.8 Å². The predicted molar refractivity (Wildman–Crippen MR) is 111 cm³/mol. The summed E-state index contributed by atoms with van der Waals surface area (Å²) in [6, 6.07) is 4.50. The van der Waals surface area contributed by atoms with E-state index in [1.165, 1.54) is 25.0 Å². The lowest BCUT2D eigenvalue weighted by Crippen LogP contribution is -2.51. The van der Waals surface area contributed by atoms with Gasteiger partial charge in [-0.25, -0.2) is 9.18 Å². The Kier molecular flexibility index (Phi) is 5.21. The molecule has 1 aromatic carbocycles. The van der Waals surface area contributed by atoms with E-state index < -0.39 is 0 Å². The number of allylic oxidation sites excluding steroid dienone is 1. The number of hydrogen-bond donors (Lipinski definition) is 2. The van der Waals surface area contributed by atoms with Gasteiger partial charge in [-0.1, -0.05) is 25.5 Å². The van der Waals surface area contributed by atoms with Crippen LogP contribution in [-0.4, -0.2) is 36.6 Å². The van der Waals surface area contributed by atoms with Crippen LogP contribution in [0.5, 0.6) is 0 Å². The first-order chi connectivity index (χ1) is 13.3. The first kappa shape index (κ1) is 19.4. The molecule has 2 bridgehead atoms. The number of urea groups is 1. The van der Waals surface area contributed by atoms with Gasteiger partial charge in [0.1, 0.15) is 5.82 Å². The Morgan fingerprint density at radius 1 is 1.25 bits per heavy atom. The topological polar surface area (TPSA) is 44.4 Å². The minimum atomic E-state index is -0.332. The molecular formula is C23H32FN3O. The number of nitrogens with zero attached hydrogens (tertiary/aromatic N) is 1. The standard InChI is InChI=1S/C23H32FN3O/c1-15-10-18(24)13-20(11-15)26-22(28)25-19-6-8-27(9-7-19)14-16-4-5-17-12-21(16)23(17,2)3/h4,10-11,13,17,19,21H,5-9,12,14H2,1-3H3,(H2,25,26,28)/t17-,21-/m0/s1. The molecule has 0 spiro atoms. The van der Waals surface area contributed by atoms with E-state index >= 15 is 0 Å². The summed E-state index contributed by atoms with van der Waals surface area (Å²) >= 11 is 0. The highest BCUT2D eigenvalue weighted by atomic mass is 19.1. The molecule has 152 valence electrons. The van der Waals surface area contributed by atoms with Gasteiger partial charge >= 0.3 is 6.03 Å². The maximum absolute atomic E-state index is 13.5. The Bertz CT molecular complexity index is 760. The average Bonchev–Trinajstić information content (AvgIpc) is 2.62. The largest absolute Gasteiger partial charge is 0.335 e. The fourth-order valence-corrected chi connectivity index (χ4v) is 5.31. The molecule has 2 fully saturated rings. The van der Waals surface area contributed by atoms with Gasteiger partial charge in [0, 0.05) is 31.4 Å². The number of piperidine rings is 1. The van der Waals surface area contributed by atoms with Crippen molar-refractivity contribution in [2.24, 2.45) is 17.3 Å². The second-order valence-electron chi connectivity index (χ2n) is 9.49. The molecule has 0 radical (unpaired) electrons. The van der Waals surface area contributed by atoms with E-state index in [9.17, 15) is 9.18 Å². The quantitative estimate of drug-likeness (QED) is 0.737. The second kappa shape index (κ2) is 7.51. The van der Waals surface area contributed by atoms with Gasteiger partial charge in [0.15, 0.2) is 0 Å². The molecule has 1 heterocycles. The smallest absolute Gasteiger partial charge is 0.319 e. The zero-order chi connectivity index (χ0) is 19.9. The average molecular weight is 386 g/mol. The zero-order valence-electron chi connectivity index (χ0n) is 17.2. The molecule has 1 saturated carbocycles. The number of carbonyl (C=O) groups excluding carboxylic acids is 1. The van der Waals surface area contributed by atoms with Gasteiger partial charge in [-0.2, -0.15) is 0 Å². The Morgan fingerprint density at radius 3 is 2.64 bits per heavy atom. The summed E-state index contributed by atoms with van der Waals surface area (Å²) in [6.07, 6.45) is 7.02. The molecule has 0 unspecified atom stereocenters. The van der Waals surface area contributed by atoms with Crippen molar-refractivity contribution in [2.75, 3.05) is 25.0 Å². The lowest BCUT2D eigenvalue weighted by atomic mass is 9.49. The summed E-state index contributed by atoms with van der Waals surface area (Å²) in [6.45, 7) is 9.77. The van der Waals surface area contributed by atoms with Gasteiger partial charge in [-0.15, -0.1) is 0 Å². The molecule has 1 aliphatic heterocycles. The molecule has 5 heteroatoms. The van der Waals surface area contributed by atoms with Crippen molar-refractivity contribution in [1.82, 2.24) is 10.2 Å². The van der Waals surface area contributed by atoms with Crippen LogP contribution in [0.2, 0.25) is 0 Å². The third-order valence-electron chi connectivity index (χ3n) is 7.21. The highest BCUT2D eigenvalue weighted by Crippen LogP contribution is 2.59. The van der Waals surface area contributed by atoms with Crippen molar-refractivity contribution in [3.63, 3.8) is 0 Å². The van der Waals surface area contributed by atoms with Crippen LogP contribution in [-0.2, 0) is 0 Å². The van der Waals surface area contributed by atoms with E-state index in [4.69, 9.17) is 0 Å². The van der Waals surface area contributed by atoms with Crippen molar-refractivity contribution in [2.45, 2.75) is 52.5 Å². The van der Waals surface area contributed by atoms with Gasteiger partial charge in [-0.05, 0) is 73.6 Å². The number of benzene rings is 1. The van der Waals surface area contributed by atoms with Crippen LogP contribution in [0.1, 0.15) is 45.1 Å². The Morgan fingerprint density at radius 2 is 2.00 bits per heavy atom. The molecular weight excluding hydrogens is 353 g/mol. The molecule has 3 aliphatic carbocycles. The number of carbonyl (C=O) groups is 1. The third-order valence-corrected chi connectivity index (χ3v) is 7.21. The van der Waals surface area contributed by atoms with Crippen LogP contribution in [0.3, 0.4) is 0 Å². The van der Waals surface area contributed by atoms with Gasteiger partial charge in [0.05, 0.1) is 0 Å². The summed E-state index contributed by atoms with van der Waals surface area (Å²) < 4.78 is 13.5. The fraction of sp³-hybridized carbons (Fsp3) is 0.609. The van der Waals surface area contributed by atoms with Crippen LogP contribution in [0.4, 0.5) is 14.9 Å². The van der Waals surface area contributed by atoms with E-state index in [-0.39, 0.29) is 17.9 Å². The molecule has 2 atom stereocenters. The number of likely N-dealkylation sites (tertiary alicyclic amines) is 1. The molecule has 28 heavy (non-hydrogen) atoms. The van der Waals surface area contributed by atoms with E-state index in [1.54, 1.807) is 11.6 Å². The number of aryl methyl sites for hydroxylation is 1. The highest BCUT2D eigenvalue weighted by Gasteiger charge is 2.51. The minimum Gasteiger partial charge on any atom is -0.335 e. The first-order valence-electron chi connectivity index (χ1n) is 10.6. The maximum atomic E-state index is 13.5. The van der Waals surface area contributed by atoms with Crippen molar-refractivity contribution >= 4 is 11.7 Å². The SMILES string of the molecule is Cc1cc(F)cc(NC(=O)NC2CCN(CC3=CC[C@H]4C[C@@H]3C4(C)C)CC2)c1. The van der Waals surface area contributed by atoms with Gasteiger partial charge in [0.2, 0.25) is 0 Å². The first-order valence-corrected chi connectivity index (χ1v) is 10.6. The summed E-state index contributed by atoms with van der Waals surface area (Å²) in [5.74, 6) is 1.32. The number of rotatable bonds is 4. The highest BCUT2D eigenvalue weighted by molar-refractivity contribution is 5.89. The summed E-state index contributed by atoms with van der Waals surface area (Å²) in [7, 11) is 0. The molecule has 4 nitrogen and oxygen atoms in total. The van der Waals surface area contributed by atoms with Crippen LogP contribution in [0, 0.1) is 30.0 Å². The van der Waals surface area contributed by atoms with E-state index in [0.29, 0.717) is 11.1 Å². The van der Waals surface area contributed by atoms with Crippen LogP contribution < -0.4 is 10.6 Å². The Labute approximate surface area is 167 Å². The fourth-order valence-electron chi connectivity index (χ4n) is 5.31. The molecule has 0 aromatic heterocycles. The molecule has 5 rings (SSSR count). The minimum absolute atomic E-state index is 0.177. The Balaban J connectivity index is 1.23. The van der Waals surface area contributed by atoms with Gasteiger partial charge in [-0.3, -0.25) is 4.90 Å². The van der Waals surface area contributed by atoms with Gasteiger partial charge < -0.3 is 10.6 Å². The molecule has 2 N–H and O–H groups in total. The second-order valence-corrected chi connectivity index (χ2v) is 9.49. The van der Waals surface area contributed by atoms with Gasteiger partial charge in [0.25, 0.3) is 0 Å². The zero-order valence-corrected chi connectivity index (χ0v) is 17.2. The van der Waals surface area contributed by atoms with E-state index in [1.807, 2.05) is 6.92 Å². The van der Waals surface area contributed by atoms with Crippen molar-refractivity contribution in [3.05, 3.63) is 41.2 Å². The number of halogens is 1.